The highest BCUT2D eigenvalue weighted by molar-refractivity contribution is 5.87. The van der Waals surface area contributed by atoms with E-state index in [1.54, 1.807) is 11.1 Å². The summed E-state index contributed by atoms with van der Waals surface area (Å²) >= 11 is 0. The lowest BCUT2D eigenvalue weighted by Gasteiger charge is -2.45. The monoisotopic (exact) mass is 348 g/mol. The van der Waals surface area contributed by atoms with Gasteiger partial charge < -0.3 is 9.64 Å². The lowest BCUT2D eigenvalue weighted by atomic mass is 9.95. The number of aryl methyl sites for hydroxylation is 1. The minimum Gasteiger partial charge on any atom is -0.444 e. The molecular formula is C18H28N4O3. The van der Waals surface area contributed by atoms with Gasteiger partial charge in [0.2, 0.25) is 5.91 Å². The number of piperidine rings is 1. The summed E-state index contributed by atoms with van der Waals surface area (Å²) in [7, 11) is 1.91. The maximum absolute atomic E-state index is 13.1. The second-order valence-corrected chi connectivity index (χ2v) is 7.90. The van der Waals surface area contributed by atoms with Crippen LogP contribution in [0.15, 0.2) is 12.3 Å². The molecule has 3 rings (SSSR count). The zero-order chi connectivity index (χ0) is 18.2. The summed E-state index contributed by atoms with van der Waals surface area (Å²) in [6, 6.07) is 1.61. The summed E-state index contributed by atoms with van der Waals surface area (Å²) in [5.74, 6) is 0.0306. The molecule has 2 atom stereocenters. The highest BCUT2D eigenvalue weighted by Crippen LogP contribution is 2.33. The number of hydrogen-bond acceptors (Lipinski definition) is 4. The van der Waals surface area contributed by atoms with Crippen LogP contribution in [0, 0.1) is 0 Å². The Morgan fingerprint density at radius 2 is 1.92 bits per heavy atom. The van der Waals surface area contributed by atoms with E-state index in [0.29, 0.717) is 13.0 Å². The molecule has 2 amide bonds. The van der Waals surface area contributed by atoms with Crippen LogP contribution in [0.4, 0.5) is 4.79 Å². The van der Waals surface area contributed by atoms with Crippen molar-refractivity contribution in [2.24, 2.45) is 7.05 Å². The van der Waals surface area contributed by atoms with Gasteiger partial charge in [0, 0.05) is 26.3 Å². The Bertz CT molecular complexity index is 649. The minimum absolute atomic E-state index is 0.0306. The van der Waals surface area contributed by atoms with E-state index in [2.05, 4.69) is 5.10 Å². The summed E-state index contributed by atoms with van der Waals surface area (Å²) < 4.78 is 7.27. The van der Waals surface area contributed by atoms with Crippen LogP contribution in [0.2, 0.25) is 0 Å². The molecule has 2 saturated heterocycles. The first-order valence-electron chi connectivity index (χ1n) is 9.06. The predicted octanol–water partition coefficient (Wildman–Crippen LogP) is 2.48. The van der Waals surface area contributed by atoms with Gasteiger partial charge in [-0.05, 0) is 52.5 Å². The van der Waals surface area contributed by atoms with Gasteiger partial charge in [0.25, 0.3) is 0 Å². The van der Waals surface area contributed by atoms with Crippen LogP contribution in [0.3, 0.4) is 0 Å². The minimum atomic E-state index is -0.553. The van der Waals surface area contributed by atoms with Crippen molar-refractivity contribution in [2.45, 2.75) is 64.1 Å². The van der Waals surface area contributed by atoms with Crippen LogP contribution < -0.4 is 0 Å². The molecule has 138 valence electrons. The number of hydrogen-bond donors (Lipinski definition) is 0. The molecule has 0 aromatic carbocycles. The van der Waals surface area contributed by atoms with Crippen LogP contribution in [-0.4, -0.2) is 56.3 Å². The number of ether oxygens (including phenoxy) is 1. The van der Waals surface area contributed by atoms with Gasteiger partial charge in [-0.1, -0.05) is 0 Å². The molecule has 2 aliphatic heterocycles. The second-order valence-electron chi connectivity index (χ2n) is 7.90. The Morgan fingerprint density at radius 3 is 2.48 bits per heavy atom. The summed E-state index contributed by atoms with van der Waals surface area (Å²) in [4.78, 5) is 28.9. The van der Waals surface area contributed by atoms with Crippen LogP contribution in [0.25, 0.3) is 0 Å². The highest BCUT2D eigenvalue weighted by Gasteiger charge is 2.44. The number of likely N-dealkylation sites (tertiary alicyclic amines) is 2. The number of nitrogens with zero attached hydrogens (tertiary/aromatic N) is 4. The molecule has 0 bridgehead atoms. The molecule has 0 N–H and O–H groups in total. The maximum atomic E-state index is 13.1. The lowest BCUT2D eigenvalue weighted by molar-refractivity contribution is -0.145. The third-order valence-electron chi connectivity index (χ3n) is 4.92. The van der Waals surface area contributed by atoms with Gasteiger partial charge in [-0.2, -0.15) is 5.10 Å². The summed E-state index contributed by atoms with van der Waals surface area (Å²) in [5, 5.41) is 4.24. The van der Waals surface area contributed by atoms with Crippen molar-refractivity contribution in [3.8, 4) is 0 Å². The molecule has 1 aromatic rings. The Hall–Kier alpha value is -2.05. The summed E-state index contributed by atoms with van der Waals surface area (Å²) in [5.41, 5.74) is 0.499. The third kappa shape index (κ3) is 3.65. The Balaban J connectivity index is 1.72. The van der Waals surface area contributed by atoms with Gasteiger partial charge in [-0.15, -0.1) is 0 Å². The molecule has 2 aliphatic rings. The number of amides is 2. The van der Waals surface area contributed by atoms with Gasteiger partial charge in [0.05, 0.1) is 11.7 Å². The standard InChI is InChI=1S/C18H28N4O3/c1-18(2,3)25-17(24)22-12-9-15(22)16(23)21-11-6-5-7-14(21)13-8-10-19-20(13)4/h8,10,14-15H,5-7,9,11-12H2,1-4H3/t14-,15-/m1/s1. The first kappa shape index (κ1) is 17.8. The number of rotatable bonds is 2. The van der Waals surface area contributed by atoms with Gasteiger partial charge >= 0.3 is 6.09 Å². The zero-order valence-electron chi connectivity index (χ0n) is 15.6. The van der Waals surface area contributed by atoms with E-state index in [-0.39, 0.29) is 11.9 Å². The Labute approximate surface area is 148 Å². The average Bonchev–Trinajstić information content (AvgIpc) is 2.90. The Kier molecular flexibility index (Phi) is 4.75. The van der Waals surface area contributed by atoms with Crippen LogP contribution in [0.1, 0.15) is 58.2 Å². The smallest absolute Gasteiger partial charge is 0.410 e. The largest absolute Gasteiger partial charge is 0.444 e. The van der Waals surface area contributed by atoms with E-state index in [1.165, 1.54) is 0 Å². The molecule has 0 spiro atoms. The lowest BCUT2D eigenvalue weighted by Crippen LogP contribution is -2.60. The molecule has 3 heterocycles. The van der Waals surface area contributed by atoms with Gasteiger partial charge in [0.15, 0.2) is 0 Å². The Morgan fingerprint density at radius 1 is 1.16 bits per heavy atom. The van der Waals surface area contributed by atoms with Gasteiger partial charge in [-0.25, -0.2) is 4.79 Å². The summed E-state index contributed by atoms with van der Waals surface area (Å²) in [6.45, 7) is 6.82. The van der Waals surface area contributed by atoms with Crippen molar-refractivity contribution in [1.82, 2.24) is 19.6 Å². The van der Waals surface area contributed by atoms with Crippen LogP contribution in [0.5, 0.6) is 0 Å². The van der Waals surface area contributed by atoms with Crippen molar-refractivity contribution in [2.75, 3.05) is 13.1 Å². The van der Waals surface area contributed by atoms with Crippen molar-refractivity contribution >= 4 is 12.0 Å². The van der Waals surface area contributed by atoms with Gasteiger partial charge in [0.1, 0.15) is 11.6 Å². The molecule has 2 fully saturated rings. The van der Waals surface area contributed by atoms with Crippen molar-refractivity contribution in [3.63, 3.8) is 0 Å². The molecule has 0 unspecified atom stereocenters. The van der Waals surface area contributed by atoms with Gasteiger partial charge in [-0.3, -0.25) is 14.4 Å². The van der Waals surface area contributed by atoms with E-state index < -0.39 is 17.7 Å². The van der Waals surface area contributed by atoms with Crippen molar-refractivity contribution in [3.05, 3.63) is 18.0 Å². The number of carbonyl (C=O) groups is 2. The number of carbonyl (C=O) groups excluding carboxylic acids is 2. The van der Waals surface area contributed by atoms with Crippen LogP contribution >= 0.6 is 0 Å². The van der Waals surface area contributed by atoms with Crippen molar-refractivity contribution in [1.29, 1.82) is 0 Å². The fraction of sp³-hybridized carbons (Fsp3) is 0.722. The fourth-order valence-corrected chi connectivity index (χ4v) is 3.59. The molecular weight excluding hydrogens is 320 g/mol. The first-order chi connectivity index (χ1) is 11.8. The van der Waals surface area contributed by atoms with E-state index in [0.717, 1.165) is 31.5 Å². The van der Waals surface area contributed by atoms with E-state index in [1.807, 2.05) is 43.5 Å². The molecule has 0 radical (unpaired) electrons. The predicted molar refractivity (Wildman–Crippen MR) is 92.9 cm³/mol. The maximum Gasteiger partial charge on any atom is 0.410 e. The number of aromatic nitrogens is 2. The summed E-state index contributed by atoms with van der Waals surface area (Å²) in [6.07, 6.45) is 5.10. The fourth-order valence-electron chi connectivity index (χ4n) is 3.59. The highest BCUT2D eigenvalue weighted by atomic mass is 16.6. The molecule has 0 saturated carbocycles. The van der Waals surface area contributed by atoms with E-state index in [9.17, 15) is 9.59 Å². The molecule has 7 heteroatoms. The topological polar surface area (TPSA) is 67.7 Å². The third-order valence-corrected chi connectivity index (χ3v) is 4.92. The molecule has 7 nitrogen and oxygen atoms in total. The normalized spacial score (nSPS) is 24.0. The van der Waals surface area contributed by atoms with E-state index >= 15 is 0 Å². The van der Waals surface area contributed by atoms with Crippen molar-refractivity contribution < 1.29 is 14.3 Å². The first-order valence-corrected chi connectivity index (χ1v) is 9.06. The SMILES string of the molecule is Cn1nccc1[C@H]1CCCCN1C(=O)[C@H]1CCN1C(=O)OC(C)(C)C. The van der Waals surface area contributed by atoms with Crippen LogP contribution in [-0.2, 0) is 16.6 Å². The zero-order valence-corrected chi connectivity index (χ0v) is 15.6. The molecule has 25 heavy (non-hydrogen) atoms. The molecule has 1 aromatic heterocycles. The van der Waals surface area contributed by atoms with E-state index in [4.69, 9.17) is 4.74 Å². The average molecular weight is 348 g/mol. The second kappa shape index (κ2) is 6.69. The molecule has 0 aliphatic carbocycles. The quantitative estimate of drug-likeness (QED) is 0.823.